The van der Waals surface area contributed by atoms with Crippen LogP contribution in [0.25, 0.3) is 0 Å². The number of unbranched alkanes of at least 4 members (excludes halogenated alkanes) is 1. The van der Waals surface area contributed by atoms with Gasteiger partial charge in [-0.3, -0.25) is 4.90 Å². The summed E-state index contributed by atoms with van der Waals surface area (Å²) in [5, 5.41) is 2.67. The Balaban J connectivity index is 2.43. The largest absolute Gasteiger partial charge is 0.462 e. The van der Waals surface area contributed by atoms with E-state index in [1.165, 1.54) is 4.90 Å². The standard InChI is InChI=1S/C18H32N2O6/c1-17(2,3)25-15(22)19-10-8-7-9-13-14(21)24-12-11-20(13)16(23)26-18(4,5)6/h13H,7-12H2,1-6H3,(H,19,22)/t13-/m1/s1. The number of rotatable bonds is 5. The Labute approximate surface area is 155 Å². The molecular formula is C18H32N2O6. The average Bonchev–Trinajstić information content (AvgIpc) is 2.44. The van der Waals surface area contributed by atoms with E-state index in [4.69, 9.17) is 14.2 Å². The quantitative estimate of drug-likeness (QED) is 0.453. The number of nitrogens with zero attached hydrogens (tertiary/aromatic N) is 1. The fraction of sp³-hybridized carbons (Fsp3) is 0.833. The van der Waals surface area contributed by atoms with Crippen molar-refractivity contribution in [2.45, 2.75) is 78.0 Å². The summed E-state index contributed by atoms with van der Waals surface area (Å²) in [6.45, 7) is 11.7. The monoisotopic (exact) mass is 372 g/mol. The minimum absolute atomic E-state index is 0.175. The highest BCUT2D eigenvalue weighted by molar-refractivity contribution is 5.82. The molecule has 1 aliphatic heterocycles. The summed E-state index contributed by atoms with van der Waals surface area (Å²) >= 11 is 0. The van der Waals surface area contributed by atoms with E-state index in [0.29, 0.717) is 32.4 Å². The normalized spacial score (nSPS) is 18.2. The predicted molar refractivity (Wildman–Crippen MR) is 95.8 cm³/mol. The van der Waals surface area contributed by atoms with Crippen LogP contribution in [-0.4, -0.2) is 60.0 Å². The van der Waals surface area contributed by atoms with E-state index >= 15 is 0 Å². The van der Waals surface area contributed by atoms with Gasteiger partial charge in [0.15, 0.2) is 0 Å². The molecule has 1 saturated heterocycles. The lowest BCUT2D eigenvalue weighted by molar-refractivity contribution is -0.157. The number of alkyl carbamates (subject to hydrolysis) is 1. The van der Waals surface area contributed by atoms with Crippen LogP contribution < -0.4 is 5.32 Å². The number of hydrogen-bond donors (Lipinski definition) is 1. The summed E-state index contributed by atoms with van der Waals surface area (Å²) in [6.07, 6.45) is 0.782. The molecule has 1 heterocycles. The van der Waals surface area contributed by atoms with Gasteiger partial charge in [0.2, 0.25) is 0 Å². The number of esters is 1. The van der Waals surface area contributed by atoms with Gasteiger partial charge in [0, 0.05) is 6.54 Å². The molecule has 1 atom stereocenters. The second-order valence-corrected chi connectivity index (χ2v) is 8.28. The van der Waals surface area contributed by atoms with Crippen molar-refractivity contribution in [1.29, 1.82) is 0 Å². The molecule has 0 aliphatic carbocycles. The topological polar surface area (TPSA) is 94.2 Å². The van der Waals surface area contributed by atoms with Gasteiger partial charge in [0.25, 0.3) is 0 Å². The Hall–Kier alpha value is -1.99. The van der Waals surface area contributed by atoms with E-state index < -0.39 is 35.4 Å². The van der Waals surface area contributed by atoms with Crippen LogP contribution in [0.15, 0.2) is 0 Å². The number of ether oxygens (including phenoxy) is 3. The molecule has 1 N–H and O–H groups in total. The van der Waals surface area contributed by atoms with Crippen LogP contribution in [0.5, 0.6) is 0 Å². The Bertz CT molecular complexity index is 507. The lowest BCUT2D eigenvalue weighted by Crippen LogP contribution is -2.52. The number of nitrogens with one attached hydrogen (secondary N) is 1. The van der Waals surface area contributed by atoms with Crippen LogP contribution in [-0.2, 0) is 19.0 Å². The van der Waals surface area contributed by atoms with Crippen molar-refractivity contribution in [1.82, 2.24) is 10.2 Å². The lowest BCUT2D eigenvalue weighted by Gasteiger charge is -2.35. The van der Waals surface area contributed by atoms with Gasteiger partial charge in [-0.15, -0.1) is 0 Å². The van der Waals surface area contributed by atoms with Crippen LogP contribution in [0.1, 0.15) is 60.8 Å². The van der Waals surface area contributed by atoms with Crippen molar-refractivity contribution in [3.05, 3.63) is 0 Å². The minimum atomic E-state index is -0.653. The third kappa shape index (κ3) is 8.40. The average molecular weight is 372 g/mol. The zero-order valence-electron chi connectivity index (χ0n) is 16.7. The van der Waals surface area contributed by atoms with Gasteiger partial charge < -0.3 is 19.5 Å². The first kappa shape index (κ1) is 22.1. The number of morpholine rings is 1. The van der Waals surface area contributed by atoms with E-state index in [9.17, 15) is 14.4 Å². The number of carbonyl (C=O) groups excluding carboxylic acids is 3. The van der Waals surface area contributed by atoms with Gasteiger partial charge in [0.1, 0.15) is 23.9 Å². The molecule has 0 aromatic carbocycles. The van der Waals surface area contributed by atoms with Crippen molar-refractivity contribution in [2.75, 3.05) is 19.7 Å². The third-order valence-corrected chi connectivity index (χ3v) is 3.43. The first-order chi connectivity index (χ1) is 11.9. The molecule has 2 amide bonds. The second kappa shape index (κ2) is 9.09. The van der Waals surface area contributed by atoms with Crippen LogP contribution in [0.4, 0.5) is 9.59 Å². The Morgan fingerprint density at radius 2 is 1.73 bits per heavy atom. The molecule has 0 aromatic rings. The highest BCUT2D eigenvalue weighted by Gasteiger charge is 2.36. The number of carbonyl (C=O) groups is 3. The van der Waals surface area contributed by atoms with Crippen LogP contribution >= 0.6 is 0 Å². The van der Waals surface area contributed by atoms with Gasteiger partial charge in [-0.1, -0.05) is 0 Å². The first-order valence-electron chi connectivity index (χ1n) is 9.02. The van der Waals surface area contributed by atoms with Crippen LogP contribution in [0.3, 0.4) is 0 Å². The van der Waals surface area contributed by atoms with Gasteiger partial charge in [-0.25, -0.2) is 14.4 Å². The second-order valence-electron chi connectivity index (χ2n) is 8.28. The molecular weight excluding hydrogens is 340 g/mol. The fourth-order valence-corrected chi connectivity index (χ4v) is 2.40. The minimum Gasteiger partial charge on any atom is -0.462 e. The molecule has 0 aromatic heterocycles. The maximum absolute atomic E-state index is 12.3. The van der Waals surface area contributed by atoms with Crippen LogP contribution in [0.2, 0.25) is 0 Å². The lowest BCUT2D eigenvalue weighted by atomic mass is 10.1. The van der Waals surface area contributed by atoms with Gasteiger partial charge in [0.05, 0.1) is 6.54 Å². The number of cyclic esters (lactones) is 1. The molecule has 1 fully saturated rings. The highest BCUT2D eigenvalue weighted by atomic mass is 16.6. The summed E-state index contributed by atoms with van der Waals surface area (Å²) in [6, 6.07) is -0.653. The van der Waals surface area contributed by atoms with E-state index in [0.717, 1.165) is 0 Å². The zero-order valence-corrected chi connectivity index (χ0v) is 16.7. The van der Waals surface area contributed by atoms with E-state index in [1.54, 1.807) is 41.5 Å². The molecule has 0 bridgehead atoms. The maximum atomic E-state index is 12.3. The molecule has 0 saturated carbocycles. The number of hydrogen-bond acceptors (Lipinski definition) is 6. The van der Waals surface area contributed by atoms with Gasteiger partial charge in [-0.2, -0.15) is 0 Å². The van der Waals surface area contributed by atoms with Crippen molar-refractivity contribution in [3.63, 3.8) is 0 Å². The Morgan fingerprint density at radius 1 is 1.12 bits per heavy atom. The molecule has 26 heavy (non-hydrogen) atoms. The van der Waals surface area contributed by atoms with Crippen LogP contribution in [0, 0.1) is 0 Å². The summed E-state index contributed by atoms with van der Waals surface area (Å²) in [5.74, 6) is -0.415. The fourth-order valence-electron chi connectivity index (χ4n) is 2.40. The maximum Gasteiger partial charge on any atom is 0.411 e. The molecule has 1 rings (SSSR count). The summed E-state index contributed by atoms with van der Waals surface area (Å²) in [4.78, 5) is 37.3. The van der Waals surface area contributed by atoms with E-state index in [-0.39, 0.29) is 6.61 Å². The molecule has 0 radical (unpaired) electrons. The molecule has 150 valence electrons. The van der Waals surface area contributed by atoms with E-state index in [2.05, 4.69) is 5.32 Å². The molecule has 8 nitrogen and oxygen atoms in total. The Kier molecular flexibility index (Phi) is 7.71. The van der Waals surface area contributed by atoms with Gasteiger partial charge >= 0.3 is 18.2 Å². The smallest absolute Gasteiger partial charge is 0.411 e. The molecule has 1 aliphatic rings. The number of amides is 2. The van der Waals surface area contributed by atoms with Gasteiger partial charge in [-0.05, 0) is 60.8 Å². The summed E-state index contributed by atoms with van der Waals surface area (Å²) in [7, 11) is 0. The summed E-state index contributed by atoms with van der Waals surface area (Å²) in [5.41, 5.74) is -1.16. The third-order valence-electron chi connectivity index (χ3n) is 3.43. The van der Waals surface area contributed by atoms with Crippen molar-refractivity contribution >= 4 is 18.2 Å². The predicted octanol–water partition coefficient (Wildman–Crippen LogP) is 2.84. The first-order valence-corrected chi connectivity index (χ1v) is 9.02. The van der Waals surface area contributed by atoms with Crippen molar-refractivity contribution in [2.24, 2.45) is 0 Å². The van der Waals surface area contributed by atoms with E-state index in [1.807, 2.05) is 0 Å². The molecule has 0 unspecified atom stereocenters. The summed E-state index contributed by atoms with van der Waals surface area (Å²) < 4.78 is 15.6. The van der Waals surface area contributed by atoms with Crippen molar-refractivity contribution < 1.29 is 28.6 Å². The SMILES string of the molecule is CC(C)(C)OC(=O)NCCCC[C@@H]1C(=O)OCCN1C(=O)OC(C)(C)C. The zero-order chi connectivity index (χ0) is 20.0. The molecule has 8 heteroatoms. The van der Waals surface area contributed by atoms with Crippen molar-refractivity contribution in [3.8, 4) is 0 Å². The molecule has 0 spiro atoms. The highest BCUT2D eigenvalue weighted by Crippen LogP contribution is 2.19. The Morgan fingerprint density at radius 3 is 2.31 bits per heavy atom.